The summed E-state index contributed by atoms with van der Waals surface area (Å²) in [5.41, 5.74) is 2.13. The highest BCUT2D eigenvalue weighted by molar-refractivity contribution is 9.10. The van der Waals surface area contributed by atoms with Gasteiger partial charge in [0.15, 0.2) is 0 Å². The van der Waals surface area contributed by atoms with E-state index in [4.69, 9.17) is 0 Å². The van der Waals surface area contributed by atoms with Crippen LogP contribution in [0.2, 0.25) is 0 Å². The molecule has 1 rings (SSSR count). The summed E-state index contributed by atoms with van der Waals surface area (Å²) in [6.07, 6.45) is 1.13. The zero-order valence-corrected chi connectivity index (χ0v) is 13.9. The van der Waals surface area contributed by atoms with E-state index in [1.54, 1.807) is 0 Å². The molecule has 0 spiro atoms. The van der Waals surface area contributed by atoms with Gasteiger partial charge in [-0.2, -0.15) is 0 Å². The van der Waals surface area contributed by atoms with Gasteiger partial charge in [-0.3, -0.25) is 0 Å². The fraction of sp³-hybridized carbons (Fsp3) is 0.600. The molecule has 0 saturated heterocycles. The molecule has 0 aromatic heterocycles. The minimum Gasteiger partial charge on any atom is -0.394 e. The number of likely N-dealkylation sites (N-methyl/N-ethyl adjacent to an activating group) is 1. The van der Waals surface area contributed by atoms with Crippen LogP contribution in [0.15, 0.2) is 22.7 Å². The molecule has 108 valence electrons. The van der Waals surface area contributed by atoms with Gasteiger partial charge < -0.3 is 15.3 Å². The van der Waals surface area contributed by atoms with Crippen LogP contribution in [0.25, 0.3) is 0 Å². The molecular formula is C15H25BrN2O. The predicted molar refractivity (Wildman–Crippen MR) is 85.7 cm³/mol. The number of hydrogen-bond donors (Lipinski definition) is 2. The van der Waals surface area contributed by atoms with E-state index >= 15 is 0 Å². The molecule has 19 heavy (non-hydrogen) atoms. The second kappa shape index (κ2) is 7.27. The van der Waals surface area contributed by atoms with Crippen LogP contribution in [0.5, 0.6) is 0 Å². The molecule has 0 saturated carbocycles. The van der Waals surface area contributed by atoms with Gasteiger partial charge in [-0.1, -0.05) is 22.9 Å². The van der Waals surface area contributed by atoms with Gasteiger partial charge >= 0.3 is 0 Å². The number of aliphatic hydroxyl groups excluding tert-OH is 1. The minimum atomic E-state index is -0.271. The summed E-state index contributed by atoms with van der Waals surface area (Å²) in [6.45, 7) is 8.22. The number of halogens is 1. The molecule has 0 unspecified atom stereocenters. The van der Waals surface area contributed by atoms with Crippen LogP contribution in [0.1, 0.15) is 32.8 Å². The van der Waals surface area contributed by atoms with Crippen molar-refractivity contribution in [2.24, 2.45) is 0 Å². The van der Waals surface area contributed by atoms with Crippen molar-refractivity contribution in [1.29, 1.82) is 0 Å². The van der Waals surface area contributed by atoms with Gasteiger partial charge in [0.1, 0.15) is 0 Å². The van der Waals surface area contributed by atoms with Crippen molar-refractivity contribution < 1.29 is 5.11 Å². The third-order valence-electron chi connectivity index (χ3n) is 3.44. The van der Waals surface area contributed by atoms with E-state index in [0.717, 1.165) is 29.7 Å². The first kappa shape index (κ1) is 16.5. The molecule has 0 aliphatic carbocycles. The second-order valence-corrected chi connectivity index (χ2v) is 6.40. The highest BCUT2D eigenvalue weighted by Gasteiger charge is 2.24. The summed E-state index contributed by atoms with van der Waals surface area (Å²) in [6, 6.07) is 6.29. The van der Waals surface area contributed by atoms with E-state index < -0.39 is 0 Å². The zero-order valence-electron chi connectivity index (χ0n) is 12.3. The Hall–Kier alpha value is -0.580. The monoisotopic (exact) mass is 328 g/mol. The number of hydrogen-bond acceptors (Lipinski definition) is 3. The Kier molecular flexibility index (Phi) is 6.30. The normalized spacial score (nSPS) is 11.7. The van der Waals surface area contributed by atoms with Crippen LogP contribution in [-0.2, 0) is 6.54 Å². The summed E-state index contributed by atoms with van der Waals surface area (Å²) in [4.78, 5) is 2.14. The molecule has 0 aliphatic rings. The van der Waals surface area contributed by atoms with Gasteiger partial charge in [0, 0.05) is 23.8 Å². The van der Waals surface area contributed by atoms with Gasteiger partial charge in [-0.05, 0) is 50.6 Å². The molecule has 0 amide bonds. The molecule has 0 bridgehead atoms. The summed E-state index contributed by atoms with van der Waals surface area (Å²) in [5, 5.41) is 13.0. The number of benzene rings is 1. The first-order valence-electron chi connectivity index (χ1n) is 6.76. The van der Waals surface area contributed by atoms with Crippen molar-refractivity contribution in [3.8, 4) is 0 Å². The third kappa shape index (κ3) is 4.48. The Labute approximate surface area is 125 Å². The van der Waals surface area contributed by atoms with Crippen molar-refractivity contribution in [2.45, 2.75) is 39.3 Å². The number of nitrogens with one attached hydrogen (secondary N) is 1. The molecule has 3 nitrogen and oxygen atoms in total. The molecule has 0 radical (unpaired) electrons. The number of aliphatic hydroxyl groups is 1. The lowest BCUT2D eigenvalue weighted by atomic mass is 10.0. The largest absolute Gasteiger partial charge is 0.394 e. The maximum absolute atomic E-state index is 9.52. The summed E-state index contributed by atoms with van der Waals surface area (Å²) >= 11 is 3.53. The van der Waals surface area contributed by atoms with E-state index in [-0.39, 0.29) is 12.1 Å². The lowest BCUT2D eigenvalue weighted by Crippen LogP contribution is -2.45. The van der Waals surface area contributed by atoms with Crippen molar-refractivity contribution in [2.75, 3.05) is 25.1 Å². The second-order valence-electron chi connectivity index (χ2n) is 5.48. The van der Waals surface area contributed by atoms with E-state index in [1.165, 1.54) is 5.56 Å². The van der Waals surface area contributed by atoms with Gasteiger partial charge in [0.25, 0.3) is 0 Å². The molecule has 2 N–H and O–H groups in total. The van der Waals surface area contributed by atoms with E-state index in [9.17, 15) is 5.11 Å². The molecule has 0 heterocycles. The van der Waals surface area contributed by atoms with Crippen molar-refractivity contribution in [3.05, 3.63) is 28.2 Å². The van der Waals surface area contributed by atoms with Crippen LogP contribution in [0.3, 0.4) is 0 Å². The Morgan fingerprint density at radius 3 is 2.63 bits per heavy atom. The fourth-order valence-corrected chi connectivity index (χ4v) is 2.26. The van der Waals surface area contributed by atoms with Crippen LogP contribution in [0, 0.1) is 0 Å². The smallest absolute Gasteiger partial charge is 0.0658 e. The lowest BCUT2D eigenvalue weighted by Gasteiger charge is -2.37. The topological polar surface area (TPSA) is 35.5 Å². The fourth-order valence-electron chi connectivity index (χ4n) is 1.85. The highest BCUT2D eigenvalue weighted by atomic mass is 79.9. The number of rotatable bonds is 7. The maximum Gasteiger partial charge on any atom is 0.0658 e. The van der Waals surface area contributed by atoms with Crippen molar-refractivity contribution in [1.82, 2.24) is 5.32 Å². The van der Waals surface area contributed by atoms with Gasteiger partial charge in [0.2, 0.25) is 0 Å². The van der Waals surface area contributed by atoms with Gasteiger partial charge in [0.05, 0.1) is 12.1 Å². The van der Waals surface area contributed by atoms with E-state index in [2.05, 4.69) is 45.2 Å². The molecule has 0 aliphatic heterocycles. The standard InChI is InChI=1S/C15H25BrN2O/c1-5-8-17-10-12-9-13(16)6-7-14(12)18(4)15(2,3)11-19/h6-7,9,17,19H,5,8,10-11H2,1-4H3. The first-order valence-corrected chi connectivity index (χ1v) is 7.55. The summed E-state index contributed by atoms with van der Waals surface area (Å²) in [7, 11) is 2.03. The molecular weight excluding hydrogens is 304 g/mol. The maximum atomic E-state index is 9.52. The average Bonchev–Trinajstić information content (AvgIpc) is 2.38. The minimum absolute atomic E-state index is 0.126. The quantitative estimate of drug-likeness (QED) is 0.755. The Balaban J connectivity index is 2.98. The van der Waals surface area contributed by atoms with Crippen LogP contribution in [0.4, 0.5) is 5.69 Å². The summed E-state index contributed by atoms with van der Waals surface area (Å²) < 4.78 is 1.08. The summed E-state index contributed by atoms with van der Waals surface area (Å²) in [5.74, 6) is 0. The highest BCUT2D eigenvalue weighted by Crippen LogP contribution is 2.28. The lowest BCUT2D eigenvalue weighted by molar-refractivity contribution is 0.216. The number of nitrogens with zero attached hydrogens (tertiary/aromatic N) is 1. The molecule has 4 heteroatoms. The SMILES string of the molecule is CCCNCc1cc(Br)ccc1N(C)C(C)(C)CO. The van der Waals surface area contributed by atoms with E-state index in [1.807, 2.05) is 27.0 Å². The van der Waals surface area contributed by atoms with E-state index in [0.29, 0.717) is 0 Å². The predicted octanol–water partition coefficient (Wildman–Crippen LogP) is 3.16. The third-order valence-corrected chi connectivity index (χ3v) is 3.93. The van der Waals surface area contributed by atoms with Crippen molar-refractivity contribution in [3.63, 3.8) is 0 Å². The Morgan fingerprint density at radius 2 is 2.05 bits per heavy atom. The van der Waals surface area contributed by atoms with Gasteiger partial charge in [-0.15, -0.1) is 0 Å². The molecule has 0 fully saturated rings. The first-order chi connectivity index (χ1) is 8.92. The molecule has 1 aromatic carbocycles. The average molecular weight is 329 g/mol. The van der Waals surface area contributed by atoms with Crippen LogP contribution in [-0.4, -0.2) is 30.8 Å². The molecule has 1 aromatic rings. The van der Waals surface area contributed by atoms with Crippen LogP contribution >= 0.6 is 15.9 Å². The van der Waals surface area contributed by atoms with Gasteiger partial charge in [-0.25, -0.2) is 0 Å². The van der Waals surface area contributed by atoms with Crippen LogP contribution < -0.4 is 10.2 Å². The number of anilines is 1. The zero-order chi connectivity index (χ0) is 14.5. The van der Waals surface area contributed by atoms with Crippen molar-refractivity contribution >= 4 is 21.6 Å². The molecule has 0 atom stereocenters. The Bertz CT molecular complexity index is 407. The Morgan fingerprint density at radius 1 is 1.37 bits per heavy atom.